The van der Waals surface area contributed by atoms with Crippen molar-refractivity contribution >= 4 is 0 Å². The number of aliphatic hydroxyl groups is 5. The summed E-state index contributed by atoms with van der Waals surface area (Å²) in [5.74, 6) is 0. The van der Waals surface area contributed by atoms with E-state index < -0.39 is 61.4 Å². The Kier molecular flexibility index (Phi) is 11.6. The third-order valence-corrected chi connectivity index (χ3v) is 5.95. The van der Waals surface area contributed by atoms with Gasteiger partial charge in [0.1, 0.15) is 42.7 Å². The number of ether oxygens (including phenoxy) is 5. The molecule has 0 aromatic heterocycles. The molecule has 0 aromatic rings. The van der Waals surface area contributed by atoms with Gasteiger partial charge in [-0.15, -0.1) is 0 Å². The SMILES string of the molecule is CCCCCCCCO[C@@H]1O[C@H](CO)[C@H](OC)[C@H](O)[C@H]1O[C@@H]1O[C@@H](C)[C@@H](O)[C@@H](O)[C@@H]1O. The molecule has 10 nitrogen and oxygen atoms in total. The van der Waals surface area contributed by atoms with Gasteiger partial charge in [-0.2, -0.15) is 0 Å². The minimum absolute atomic E-state index is 0.366. The van der Waals surface area contributed by atoms with Gasteiger partial charge in [0, 0.05) is 13.7 Å². The molecular formula is C21H40O10. The largest absolute Gasteiger partial charge is 0.394 e. The average molecular weight is 453 g/mol. The lowest BCUT2D eigenvalue weighted by Crippen LogP contribution is -2.64. The van der Waals surface area contributed by atoms with Gasteiger partial charge in [-0.05, 0) is 13.3 Å². The predicted molar refractivity (Wildman–Crippen MR) is 109 cm³/mol. The molecule has 0 aromatic carbocycles. The first-order chi connectivity index (χ1) is 14.8. The Bertz CT molecular complexity index is 495. The van der Waals surface area contributed by atoms with Crippen molar-refractivity contribution in [3.63, 3.8) is 0 Å². The lowest BCUT2D eigenvalue weighted by atomic mass is 9.97. The molecule has 31 heavy (non-hydrogen) atoms. The zero-order chi connectivity index (χ0) is 23.0. The summed E-state index contributed by atoms with van der Waals surface area (Å²) in [6.45, 7) is 3.68. The number of hydrogen-bond acceptors (Lipinski definition) is 10. The smallest absolute Gasteiger partial charge is 0.187 e. The molecule has 2 heterocycles. The highest BCUT2D eigenvalue weighted by Gasteiger charge is 2.50. The van der Waals surface area contributed by atoms with Crippen molar-refractivity contribution in [2.75, 3.05) is 20.3 Å². The van der Waals surface area contributed by atoms with E-state index in [0.29, 0.717) is 6.61 Å². The zero-order valence-corrected chi connectivity index (χ0v) is 18.7. The second-order valence-electron chi connectivity index (χ2n) is 8.34. The molecule has 2 aliphatic heterocycles. The second kappa shape index (κ2) is 13.3. The first kappa shape index (κ1) is 26.8. The van der Waals surface area contributed by atoms with Crippen LogP contribution in [0.4, 0.5) is 0 Å². The summed E-state index contributed by atoms with van der Waals surface area (Å²) in [6, 6.07) is 0. The van der Waals surface area contributed by atoms with Crippen LogP contribution in [0.3, 0.4) is 0 Å². The van der Waals surface area contributed by atoms with Crippen molar-refractivity contribution in [1.82, 2.24) is 0 Å². The van der Waals surface area contributed by atoms with Gasteiger partial charge >= 0.3 is 0 Å². The maximum absolute atomic E-state index is 10.8. The summed E-state index contributed by atoms with van der Waals surface area (Å²) in [5.41, 5.74) is 0. The van der Waals surface area contributed by atoms with Gasteiger partial charge in [0.15, 0.2) is 12.6 Å². The molecule has 0 amide bonds. The molecule has 2 aliphatic rings. The molecule has 0 bridgehead atoms. The van der Waals surface area contributed by atoms with E-state index in [4.69, 9.17) is 23.7 Å². The summed E-state index contributed by atoms with van der Waals surface area (Å²) in [4.78, 5) is 0. The van der Waals surface area contributed by atoms with Crippen molar-refractivity contribution in [1.29, 1.82) is 0 Å². The predicted octanol–water partition coefficient (Wildman–Crippen LogP) is -0.331. The van der Waals surface area contributed by atoms with Gasteiger partial charge in [0.2, 0.25) is 0 Å². The highest BCUT2D eigenvalue weighted by atomic mass is 16.8. The molecule has 10 atom stereocenters. The molecule has 0 radical (unpaired) electrons. The molecule has 0 unspecified atom stereocenters. The standard InChI is InChI=1S/C21H40O10/c1-4-5-6-7-8-9-10-28-21-19(17(26)18(27-3)13(11-22)30-21)31-20-16(25)15(24)14(23)12(2)29-20/h12-26H,4-11H2,1-3H3/t12-,13+,14+,15+,16-,17-,18-,19+,20-,21+/m0/s1. The molecular weight excluding hydrogens is 412 g/mol. The molecule has 0 spiro atoms. The van der Waals surface area contributed by atoms with E-state index in [-0.39, 0.29) is 6.61 Å². The molecule has 2 saturated heterocycles. The van der Waals surface area contributed by atoms with Crippen molar-refractivity contribution in [3.05, 3.63) is 0 Å². The van der Waals surface area contributed by atoms with Crippen LogP contribution in [0.15, 0.2) is 0 Å². The van der Waals surface area contributed by atoms with Crippen LogP contribution in [0.2, 0.25) is 0 Å². The minimum atomic E-state index is -1.53. The van der Waals surface area contributed by atoms with Crippen LogP contribution in [0, 0.1) is 0 Å². The number of unbranched alkanes of at least 4 members (excludes halogenated alkanes) is 5. The summed E-state index contributed by atoms with van der Waals surface area (Å²) in [6.07, 6.45) is -5.05. The van der Waals surface area contributed by atoms with E-state index in [9.17, 15) is 25.5 Å². The quantitative estimate of drug-likeness (QED) is 0.249. The van der Waals surface area contributed by atoms with Gasteiger partial charge in [-0.25, -0.2) is 0 Å². The van der Waals surface area contributed by atoms with Crippen LogP contribution in [-0.4, -0.2) is 107 Å². The van der Waals surface area contributed by atoms with Crippen molar-refractivity contribution < 1.29 is 49.2 Å². The Balaban J connectivity index is 2.02. The van der Waals surface area contributed by atoms with Crippen LogP contribution in [0.25, 0.3) is 0 Å². The maximum atomic E-state index is 10.8. The molecule has 2 rings (SSSR count). The van der Waals surface area contributed by atoms with E-state index in [1.54, 1.807) is 0 Å². The normalized spacial score (nSPS) is 41.4. The highest BCUT2D eigenvalue weighted by molar-refractivity contribution is 4.93. The van der Waals surface area contributed by atoms with E-state index in [2.05, 4.69) is 6.92 Å². The van der Waals surface area contributed by atoms with E-state index in [1.165, 1.54) is 33.3 Å². The summed E-state index contributed by atoms with van der Waals surface area (Å²) >= 11 is 0. The number of rotatable bonds is 12. The number of hydrogen-bond donors (Lipinski definition) is 5. The fourth-order valence-electron chi connectivity index (χ4n) is 3.97. The third-order valence-electron chi connectivity index (χ3n) is 5.95. The molecule has 2 fully saturated rings. The summed E-state index contributed by atoms with van der Waals surface area (Å²) in [7, 11) is 1.38. The zero-order valence-electron chi connectivity index (χ0n) is 18.7. The molecule has 5 N–H and O–H groups in total. The van der Waals surface area contributed by atoms with Gasteiger partial charge in [-0.1, -0.05) is 39.0 Å². The topological polar surface area (TPSA) is 147 Å². The number of methoxy groups -OCH3 is 1. The van der Waals surface area contributed by atoms with Crippen molar-refractivity contribution in [3.8, 4) is 0 Å². The minimum Gasteiger partial charge on any atom is -0.394 e. The van der Waals surface area contributed by atoms with E-state index in [0.717, 1.165) is 19.3 Å². The van der Waals surface area contributed by atoms with Gasteiger partial charge < -0.3 is 49.2 Å². The first-order valence-electron chi connectivity index (χ1n) is 11.3. The lowest BCUT2D eigenvalue weighted by molar-refractivity contribution is -0.366. The van der Waals surface area contributed by atoms with Crippen LogP contribution < -0.4 is 0 Å². The third kappa shape index (κ3) is 7.04. The van der Waals surface area contributed by atoms with Crippen LogP contribution >= 0.6 is 0 Å². The lowest BCUT2D eigenvalue weighted by Gasteiger charge is -2.46. The summed E-state index contributed by atoms with van der Waals surface area (Å²) in [5, 5.41) is 50.7. The van der Waals surface area contributed by atoms with Crippen molar-refractivity contribution in [2.45, 2.75) is 114 Å². The first-order valence-corrected chi connectivity index (χ1v) is 11.3. The van der Waals surface area contributed by atoms with E-state index in [1.807, 2.05) is 0 Å². The van der Waals surface area contributed by atoms with Gasteiger partial charge in [-0.3, -0.25) is 0 Å². The van der Waals surface area contributed by atoms with Crippen LogP contribution in [-0.2, 0) is 23.7 Å². The Labute approximate surface area is 184 Å². The fraction of sp³-hybridized carbons (Fsp3) is 1.00. The molecule has 184 valence electrons. The molecule has 10 heteroatoms. The Morgan fingerprint density at radius 1 is 0.774 bits per heavy atom. The van der Waals surface area contributed by atoms with Crippen LogP contribution in [0.1, 0.15) is 52.4 Å². The van der Waals surface area contributed by atoms with Crippen molar-refractivity contribution in [2.24, 2.45) is 0 Å². The number of aliphatic hydroxyl groups excluding tert-OH is 5. The Morgan fingerprint density at radius 2 is 1.45 bits per heavy atom. The van der Waals surface area contributed by atoms with Gasteiger partial charge in [0.25, 0.3) is 0 Å². The molecule has 0 aliphatic carbocycles. The monoisotopic (exact) mass is 452 g/mol. The van der Waals surface area contributed by atoms with Gasteiger partial charge in [0.05, 0.1) is 12.7 Å². The van der Waals surface area contributed by atoms with Crippen LogP contribution in [0.5, 0.6) is 0 Å². The fourth-order valence-corrected chi connectivity index (χ4v) is 3.97. The second-order valence-corrected chi connectivity index (χ2v) is 8.34. The summed E-state index contributed by atoms with van der Waals surface area (Å²) < 4.78 is 28.2. The molecule has 0 saturated carbocycles. The van der Waals surface area contributed by atoms with E-state index >= 15 is 0 Å². The highest BCUT2D eigenvalue weighted by Crippen LogP contribution is 2.30. The Morgan fingerprint density at radius 3 is 2.10 bits per heavy atom. The Hall–Kier alpha value is -0.400. The maximum Gasteiger partial charge on any atom is 0.187 e. The average Bonchev–Trinajstić information content (AvgIpc) is 2.76.